The highest BCUT2D eigenvalue weighted by molar-refractivity contribution is 9.10. The zero-order chi connectivity index (χ0) is 42.1. The van der Waals surface area contributed by atoms with E-state index in [4.69, 9.17) is 16.2 Å². The molecule has 10 N–H and O–H groups in total. The molecule has 1 saturated heterocycles. The van der Waals surface area contributed by atoms with Gasteiger partial charge in [0.1, 0.15) is 42.1 Å². The van der Waals surface area contributed by atoms with Gasteiger partial charge in [-0.25, -0.2) is 4.79 Å². The quantitative estimate of drug-likeness (QED) is 0.0780. The maximum Gasteiger partial charge on any atom is 0.328 e. The molecule has 6 atom stereocenters. The minimum atomic E-state index is -1.65. The average molecular weight is 845 g/mol. The summed E-state index contributed by atoms with van der Waals surface area (Å²) >= 11 is 3.26. The highest BCUT2D eigenvalue weighted by Crippen LogP contribution is 2.24. The van der Waals surface area contributed by atoms with Crippen LogP contribution in [0.15, 0.2) is 65.2 Å². The van der Waals surface area contributed by atoms with Crippen LogP contribution in [0.25, 0.3) is 6.08 Å². The zero-order valence-electron chi connectivity index (χ0n) is 31.7. The van der Waals surface area contributed by atoms with E-state index in [0.717, 1.165) is 11.6 Å². The molecule has 2 rings (SSSR count). The van der Waals surface area contributed by atoms with Gasteiger partial charge in [-0.2, -0.15) is 0 Å². The number of amides is 7. The average Bonchev–Trinajstić information content (AvgIpc) is 3.09. The first-order chi connectivity index (χ1) is 26.3. The summed E-state index contributed by atoms with van der Waals surface area (Å²) in [5.41, 5.74) is 11.5. The largest absolute Gasteiger partial charge is 0.507 e. The number of carbonyl (C=O) groups excluding carboxylic acids is 8. The molecule has 0 aliphatic carbocycles. The molecule has 6 unspecified atom stereocenters. The summed E-state index contributed by atoms with van der Waals surface area (Å²) in [6.07, 6.45) is 9.97. The first-order valence-corrected chi connectivity index (χ1v) is 18.5. The van der Waals surface area contributed by atoms with Crippen molar-refractivity contribution in [2.24, 2.45) is 23.3 Å². The van der Waals surface area contributed by atoms with E-state index in [-0.39, 0.29) is 18.1 Å². The first-order valence-electron chi connectivity index (χ1n) is 17.7. The summed E-state index contributed by atoms with van der Waals surface area (Å²) < 4.78 is 6.17. The second-order valence-corrected chi connectivity index (χ2v) is 14.6. The van der Waals surface area contributed by atoms with Crippen molar-refractivity contribution in [1.29, 1.82) is 0 Å². The summed E-state index contributed by atoms with van der Waals surface area (Å²) in [6.45, 7) is 8.02. The summed E-state index contributed by atoms with van der Waals surface area (Å²) in [6, 6.07) is -2.51. The van der Waals surface area contributed by atoms with Crippen LogP contribution in [0.2, 0.25) is 0 Å². The molecule has 0 bridgehead atoms. The van der Waals surface area contributed by atoms with E-state index in [1.807, 2.05) is 6.08 Å². The van der Waals surface area contributed by atoms with Crippen molar-refractivity contribution in [3.63, 3.8) is 0 Å². The molecule has 0 saturated carbocycles. The Balaban J connectivity index is 2.43. The molecule has 0 radical (unpaired) electrons. The molecule has 1 aromatic carbocycles. The Hall–Kier alpha value is -5.78. The van der Waals surface area contributed by atoms with Gasteiger partial charge in [0.25, 0.3) is 0 Å². The lowest BCUT2D eigenvalue weighted by Gasteiger charge is -2.31. The molecule has 1 aliphatic heterocycles. The maximum absolute atomic E-state index is 13.8. The fraction of sp³-hybridized carbons (Fsp3) is 0.421. The number of nitrogens with two attached hydrogens (primary N) is 2. The van der Waals surface area contributed by atoms with E-state index in [1.54, 1.807) is 76.3 Å². The normalized spacial score (nSPS) is 23.3. The monoisotopic (exact) mass is 843 g/mol. The van der Waals surface area contributed by atoms with Gasteiger partial charge < -0.3 is 47.9 Å². The van der Waals surface area contributed by atoms with Crippen LogP contribution < -0.4 is 38.1 Å². The highest BCUT2D eigenvalue weighted by atomic mass is 79.9. The lowest BCUT2D eigenvalue weighted by atomic mass is 10.0. The lowest BCUT2D eigenvalue weighted by Crippen LogP contribution is -2.62. The van der Waals surface area contributed by atoms with Gasteiger partial charge in [0.05, 0.1) is 17.3 Å². The second kappa shape index (κ2) is 22.6. The number of halogens is 1. The second-order valence-electron chi connectivity index (χ2n) is 13.7. The molecule has 0 spiro atoms. The summed E-state index contributed by atoms with van der Waals surface area (Å²) in [7, 11) is 0. The van der Waals surface area contributed by atoms with Gasteiger partial charge in [-0.1, -0.05) is 76.3 Å². The van der Waals surface area contributed by atoms with Gasteiger partial charge in [-0.05, 0) is 58.8 Å². The predicted molar refractivity (Wildman–Crippen MR) is 209 cm³/mol. The molecular weight excluding hydrogens is 794 g/mol. The molecule has 1 aliphatic rings. The SMILES string of the molecule is CC(C)CC1NC(=O)C(CC(N)=O)NC(=O)C(CC(N)=O)NC(=O)C(C(C)C)NC(=O)C(NC(=O)/C=C/C=C/C=C/C=C/c2ccc(O)c(Br)c2)C(C)OC1=O. The fourth-order valence-electron chi connectivity index (χ4n) is 5.21. The molecule has 1 heterocycles. The number of hydrogen-bond donors (Lipinski definition) is 8. The third-order valence-electron chi connectivity index (χ3n) is 8.05. The van der Waals surface area contributed by atoms with Crippen molar-refractivity contribution in [3.05, 3.63) is 70.8 Å². The van der Waals surface area contributed by atoms with Gasteiger partial charge in [0.2, 0.25) is 41.4 Å². The molecular formula is C38H50BrN7O10. The molecule has 1 aromatic rings. The molecule has 304 valence electrons. The summed E-state index contributed by atoms with van der Waals surface area (Å²) in [5.74, 6) is -8.35. The number of phenols is 1. The van der Waals surface area contributed by atoms with Crippen LogP contribution in [0.5, 0.6) is 5.75 Å². The van der Waals surface area contributed by atoms with Gasteiger partial charge in [0.15, 0.2) is 0 Å². The smallest absolute Gasteiger partial charge is 0.328 e. The first kappa shape index (κ1) is 46.4. The Labute approximate surface area is 333 Å². The van der Waals surface area contributed by atoms with Crippen LogP contribution in [0.4, 0.5) is 0 Å². The minimum Gasteiger partial charge on any atom is -0.507 e. The van der Waals surface area contributed by atoms with E-state index in [1.165, 1.54) is 13.0 Å². The van der Waals surface area contributed by atoms with Gasteiger partial charge in [-0.3, -0.25) is 33.6 Å². The Kier molecular flexibility index (Phi) is 18.7. The molecule has 18 heteroatoms. The van der Waals surface area contributed by atoms with E-state index in [9.17, 15) is 43.5 Å². The number of benzene rings is 1. The molecule has 0 aromatic heterocycles. The van der Waals surface area contributed by atoms with Crippen molar-refractivity contribution >= 4 is 69.3 Å². The number of esters is 1. The van der Waals surface area contributed by atoms with Crippen molar-refractivity contribution in [2.45, 2.75) is 90.2 Å². The zero-order valence-corrected chi connectivity index (χ0v) is 33.3. The van der Waals surface area contributed by atoms with Crippen molar-refractivity contribution in [2.75, 3.05) is 0 Å². The number of primary amides is 2. The Morgan fingerprint density at radius 3 is 1.88 bits per heavy atom. The highest BCUT2D eigenvalue weighted by Gasteiger charge is 2.38. The number of nitrogens with one attached hydrogen (secondary N) is 5. The number of allylic oxidation sites excluding steroid dienone is 6. The van der Waals surface area contributed by atoms with Crippen LogP contribution in [0.3, 0.4) is 0 Å². The van der Waals surface area contributed by atoms with Gasteiger partial charge in [-0.15, -0.1) is 0 Å². The van der Waals surface area contributed by atoms with Crippen molar-refractivity contribution in [1.82, 2.24) is 26.6 Å². The minimum absolute atomic E-state index is 0.0292. The third kappa shape index (κ3) is 15.9. The van der Waals surface area contributed by atoms with Crippen molar-refractivity contribution in [3.8, 4) is 5.75 Å². The Morgan fingerprint density at radius 1 is 0.804 bits per heavy atom. The molecule has 1 fully saturated rings. The number of hydrogen-bond acceptors (Lipinski definition) is 10. The van der Waals surface area contributed by atoms with Crippen molar-refractivity contribution < 1.29 is 48.2 Å². The van der Waals surface area contributed by atoms with E-state index in [0.29, 0.717) is 4.47 Å². The number of aromatic hydroxyl groups is 1. The van der Waals surface area contributed by atoms with Crippen LogP contribution in [-0.4, -0.2) is 88.7 Å². The third-order valence-corrected chi connectivity index (χ3v) is 8.68. The maximum atomic E-state index is 13.8. The summed E-state index contributed by atoms with van der Waals surface area (Å²) in [4.78, 5) is 104. The number of ether oxygens (including phenoxy) is 1. The molecule has 17 nitrogen and oxygen atoms in total. The number of rotatable bonds is 13. The number of cyclic esters (lactones) is 1. The van der Waals surface area contributed by atoms with E-state index >= 15 is 0 Å². The Morgan fingerprint density at radius 2 is 1.34 bits per heavy atom. The van der Waals surface area contributed by atoms with Crippen LogP contribution in [-0.2, 0) is 43.1 Å². The van der Waals surface area contributed by atoms with Crippen LogP contribution in [0, 0.1) is 11.8 Å². The summed E-state index contributed by atoms with van der Waals surface area (Å²) in [5, 5.41) is 21.8. The number of carbonyl (C=O) groups is 8. The fourth-order valence-corrected chi connectivity index (χ4v) is 5.61. The standard InChI is InChI=1S/C38H50BrN7O10/c1-20(2)16-27-38(55)56-22(5)33(45-31(50)13-11-9-7-6-8-10-12-23-14-15-28(47)24(39)17-23)37(54)46-32(21(3)4)36(53)43-26(19-30(41)49)34(51)42-25(18-29(40)48)35(52)44-27/h6-15,17,20-22,25-27,32-33,47H,16,18-19H2,1-5H3,(H2,40,48)(H2,41,49)(H,42,51)(H,43,53)(H,44,52)(H,45,50)(H,46,54)/b8-6+,9-7+,12-10+,13-11+. The number of phenolic OH excluding ortho intramolecular Hbond substituents is 1. The van der Waals surface area contributed by atoms with Gasteiger partial charge >= 0.3 is 5.97 Å². The van der Waals surface area contributed by atoms with Gasteiger partial charge in [0, 0.05) is 6.08 Å². The lowest BCUT2D eigenvalue weighted by molar-refractivity contribution is -0.156. The topological polar surface area (TPSA) is 278 Å². The van der Waals surface area contributed by atoms with Crippen LogP contribution in [0.1, 0.15) is 59.4 Å². The van der Waals surface area contributed by atoms with E-state index < -0.39 is 102 Å². The Bertz CT molecular complexity index is 1760. The molecule has 56 heavy (non-hydrogen) atoms. The predicted octanol–water partition coefficient (Wildman–Crippen LogP) is 0.659. The van der Waals surface area contributed by atoms with E-state index in [2.05, 4.69) is 42.5 Å². The molecule has 7 amide bonds. The van der Waals surface area contributed by atoms with Crippen LogP contribution >= 0.6 is 15.9 Å².